The van der Waals surface area contributed by atoms with Crippen LogP contribution in [0.2, 0.25) is 0 Å². The van der Waals surface area contributed by atoms with E-state index in [0.717, 1.165) is 22.9 Å². The first-order chi connectivity index (χ1) is 9.19. The molecule has 2 N–H and O–H groups in total. The molecule has 2 fully saturated rings. The minimum Gasteiger partial charge on any atom is -0.336 e. The molecule has 104 valence electrons. The Kier molecular flexibility index (Phi) is 4.63. The molecule has 3 nitrogen and oxygen atoms in total. The lowest BCUT2D eigenvalue weighted by Crippen LogP contribution is -2.46. The minimum atomic E-state index is -0.193. The molecule has 4 heteroatoms. The van der Waals surface area contributed by atoms with Crippen LogP contribution in [0.1, 0.15) is 51.1 Å². The molecule has 1 aromatic rings. The lowest BCUT2D eigenvalue weighted by Gasteiger charge is -2.23. The maximum atomic E-state index is 12.0. The molecule has 1 aliphatic heterocycles. The van der Waals surface area contributed by atoms with Gasteiger partial charge in [-0.3, -0.25) is 10.1 Å². The molecule has 19 heavy (non-hydrogen) atoms. The lowest BCUT2D eigenvalue weighted by molar-refractivity contribution is -0.121. The third kappa shape index (κ3) is 3.00. The van der Waals surface area contributed by atoms with Gasteiger partial charge >= 0.3 is 0 Å². The average molecular weight is 325 g/mol. The summed E-state index contributed by atoms with van der Waals surface area (Å²) in [6.45, 7) is 4.00. The molecule has 3 rings (SSSR count). The molecule has 1 aromatic carbocycles. The van der Waals surface area contributed by atoms with Crippen LogP contribution in [0.3, 0.4) is 0 Å². The molecule has 0 radical (unpaired) electrons. The van der Waals surface area contributed by atoms with Crippen molar-refractivity contribution in [3.8, 4) is 0 Å². The number of nitrogens with one attached hydrogen (secondary N) is 2. The van der Waals surface area contributed by atoms with Crippen LogP contribution < -0.4 is 10.6 Å². The standard InChI is InChI=1S/C13H15BrN2O.C2H6/c14-10-5-3-9(4-6-10)11-12(17)16-13(15-11)7-1-2-8-13;1-2/h3-6,11,15H,1-2,7-8H2,(H,16,17);1-2H3. The van der Waals surface area contributed by atoms with Gasteiger partial charge in [0, 0.05) is 4.47 Å². The van der Waals surface area contributed by atoms with Crippen molar-refractivity contribution in [1.29, 1.82) is 0 Å². The van der Waals surface area contributed by atoms with Gasteiger partial charge in [-0.05, 0) is 43.4 Å². The summed E-state index contributed by atoms with van der Waals surface area (Å²) >= 11 is 3.41. The van der Waals surface area contributed by atoms with E-state index in [9.17, 15) is 4.79 Å². The first kappa shape index (κ1) is 14.5. The fourth-order valence-electron chi connectivity index (χ4n) is 2.82. The van der Waals surface area contributed by atoms with Gasteiger partial charge in [0.1, 0.15) is 6.04 Å². The molecule has 1 amide bonds. The van der Waals surface area contributed by atoms with Gasteiger partial charge in [0.25, 0.3) is 0 Å². The highest BCUT2D eigenvalue weighted by Gasteiger charge is 2.45. The Bertz CT molecular complexity index is 438. The summed E-state index contributed by atoms with van der Waals surface area (Å²) in [7, 11) is 0. The van der Waals surface area contributed by atoms with E-state index in [1.165, 1.54) is 12.8 Å². The molecule has 1 saturated carbocycles. The Balaban J connectivity index is 0.000000637. The molecule has 1 heterocycles. The second kappa shape index (κ2) is 6.06. The third-order valence-corrected chi connectivity index (χ3v) is 4.23. The van der Waals surface area contributed by atoms with Crippen molar-refractivity contribution < 1.29 is 4.79 Å². The summed E-state index contributed by atoms with van der Waals surface area (Å²) in [6.07, 6.45) is 4.48. The van der Waals surface area contributed by atoms with Crippen LogP contribution in [0.4, 0.5) is 0 Å². The van der Waals surface area contributed by atoms with E-state index in [-0.39, 0.29) is 17.6 Å². The Labute approximate surface area is 123 Å². The van der Waals surface area contributed by atoms with E-state index in [2.05, 4.69) is 26.6 Å². The quantitative estimate of drug-likeness (QED) is 0.830. The normalized spacial score (nSPS) is 23.9. The number of halogens is 1. The number of rotatable bonds is 1. The Morgan fingerprint density at radius 2 is 1.74 bits per heavy atom. The van der Waals surface area contributed by atoms with Crippen molar-refractivity contribution >= 4 is 21.8 Å². The smallest absolute Gasteiger partial charge is 0.243 e. The van der Waals surface area contributed by atoms with Gasteiger partial charge in [-0.25, -0.2) is 0 Å². The molecule has 0 bridgehead atoms. The van der Waals surface area contributed by atoms with E-state index < -0.39 is 0 Å². The largest absolute Gasteiger partial charge is 0.336 e. The van der Waals surface area contributed by atoms with Crippen LogP contribution >= 0.6 is 15.9 Å². The van der Waals surface area contributed by atoms with Gasteiger partial charge in [-0.1, -0.05) is 41.9 Å². The first-order valence-electron chi connectivity index (χ1n) is 7.04. The van der Waals surface area contributed by atoms with Gasteiger partial charge in [0.05, 0.1) is 5.66 Å². The van der Waals surface area contributed by atoms with Gasteiger partial charge in [0.2, 0.25) is 5.91 Å². The Morgan fingerprint density at radius 1 is 1.16 bits per heavy atom. The van der Waals surface area contributed by atoms with Crippen molar-refractivity contribution in [3.63, 3.8) is 0 Å². The second-order valence-electron chi connectivity index (χ2n) is 4.91. The zero-order valence-corrected chi connectivity index (χ0v) is 13.1. The molecular weight excluding hydrogens is 304 g/mol. The van der Waals surface area contributed by atoms with E-state index >= 15 is 0 Å². The molecular formula is C15H21BrN2O. The number of hydrogen-bond donors (Lipinski definition) is 2. The molecule has 1 unspecified atom stereocenters. The molecule has 1 aliphatic carbocycles. The number of carbonyl (C=O) groups excluding carboxylic acids is 1. The van der Waals surface area contributed by atoms with Crippen LogP contribution in [-0.2, 0) is 4.79 Å². The number of amides is 1. The molecule has 2 aliphatic rings. The summed E-state index contributed by atoms with van der Waals surface area (Å²) < 4.78 is 1.04. The predicted octanol–water partition coefficient (Wildman–Crippen LogP) is 3.51. The van der Waals surface area contributed by atoms with E-state index in [0.29, 0.717) is 0 Å². The zero-order valence-electron chi connectivity index (χ0n) is 11.5. The molecule has 1 saturated heterocycles. The molecule has 1 atom stereocenters. The lowest BCUT2D eigenvalue weighted by atomic mass is 10.1. The molecule has 1 spiro atoms. The highest BCUT2D eigenvalue weighted by atomic mass is 79.9. The van der Waals surface area contributed by atoms with E-state index in [1.54, 1.807) is 0 Å². The monoisotopic (exact) mass is 324 g/mol. The Morgan fingerprint density at radius 3 is 2.32 bits per heavy atom. The maximum Gasteiger partial charge on any atom is 0.243 e. The van der Waals surface area contributed by atoms with Crippen LogP contribution in [0.25, 0.3) is 0 Å². The molecule has 0 aromatic heterocycles. The highest BCUT2D eigenvalue weighted by molar-refractivity contribution is 9.10. The Hall–Kier alpha value is -0.870. The van der Waals surface area contributed by atoms with Crippen LogP contribution in [0, 0.1) is 0 Å². The van der Waals surface area contributed by atoms with Crippen LogP contribution in [0.15, 0.2) is 28.7 Å². The topological polar surface area (TPSA) is 41.1 Å². The van der Waals surface area contributed by atoms with E-state index in [4.69, 9.17) is 0 Å². The second-order valence-corrected chi connectivity index (χ2v) is 5.82. The number of carbonyl (C=O) groups is 1. The van der Waals surface area contributed by atoms with Crippen molar-refractivity contribution in [3.05, 3.63) is 34.3 Å². The highest BCUT2D eigenvalue weighted by Crippen LogP contribution is 2.34. The van der Waals surface area contributed by atoms with E-state index in [1.807, 2.05) is 38.1 Å². The fraction of sp³-hybridized carbons (Fsp3) is 0.533. The number of hydrogen-bond acceptors (Lipinski definition) is 2. The number of benzene rings is 1. The summed E-state index contributed by atoms with van der Waals surface area (Å²) in [5, 5.41) is 6.61. The predicted molar refractivity (Wildman–Crippen MR) is 80.7 cm³/mol. The summed E-state index contributed by atoms with van der Waals surface area (Å²) in [4.78, 5) is 12.0. The van der Waals surface area contributed by atoms with Gasteiger partial charge in [-0.15, -0.1) is 0 Å². The van der Waals surface area contributed by atoms with Crippen molar-refractivity contribution in [2.75, 3.05) is 0 Å². The SMILES string of the molecule is CC.O=C1NC2(CCCC2)NC1c1ccc(Br)cc1. The van der Waals surface area contributed by atoms with Crippen LogP contribution in [0.5, 0.6) is 0 Å². The van der Waals surface area contributed by atoms with Crippen molar-refractivity contribution in [2.24, 2.45) is 0 Å². The minimum absolute atomic E-state index is 0.106. The van der Waals surface area contributed by atoms with Gasteiger partial charge < -0.3 is 5.32 Å². The van der Waals surface area contributed by atoms with Crippen molar-refractivity contribution in [2.45, 2.75) is 51.2 Å². The zero-order chi connectivity index (χ0) is 13.9. The first-order valence-corrected chi connectivity index (χ1v) is 7.83. The maximum absolute atomic E-state index is 12.0. The van der Waals surface area contributed by atoms with Gasteiger partial charge in [-0.2, -0.15) is 0 Å². The van der Waals surface area contributed by atoms with Crippen molar-refractivity contribution in [1.82, 2.24) is 10.6 Å². The average Bonchev–Trinajstić information content (AvgIpc) is 3.01. The summed E-state index contributed by atoms with van der Waals surface area (Å²) in [5.74, 6) is 0.106. The summed E-state index contributed by atoms with van der Waals surface area (Å²) in [6, 6.07) is 7.75. The van der Waals surface area contributed by atoms with Gasteiger partial charge in [0.15, 0.2) is 0 Å². The fourth-order valence-corrected chi connectivity index (χ4v) is 3.09. The summed E-state index contributed by atoms with van der Waals surface area (Å²) in [5.41, 5.74) is 0.906. The van der Waals surface area contributed by atoms with Crippen LogP contribution in [-0.4, -0.2) is 11.6 Å². The third-order valence-electron chi connectivity index (χ3n) is 3.71.